The predicted octanol–water partition coefficient (Wildman–Crippen LogP) is 6.83. The van der Waals surface area contributed by atoms with Gasteiger partial charge in [-0.3, -0.25) is 0 Å². The molecule has 1 N–H and O–H groups in total. The van der Waals surface area contributed by atoms with E-state index in [1.165, 1.54) is 0 Å². The fourth-order valence-corrected chi connectivity index (χ4v) is 4.04. The molecule has 0 aliphatic carbocycles. The molecule has 142 valence electrons. The van der Waals surface area contributed by atoms with Crippen molar-refractivity contribution in [1.82, 2.24) is 14.8 Å². The molecule has 0 radical (unpaired) electrons. The summed E-state index contributed by atoms with van der Waals surface area (Å²) in [7, 11) is 0. The lowest BCUT2D eigenvalue weighted by atomic mass is 10.0. The van der Waals surface area contributed by atoms with Crippen LogP contribution in [0.3, 0.4) is 0 Å². The number of hydrogen-bond donors (Lipinski definition) is 1. The van der Waals surface area contributed by atoms with Gasteiger partial charge in [0.15, 0.2) is 0 Å². The van der Waals surface area contributed by atoms with Crippen LogP contribution < -0.4 is 0 Å². The molecule has 0 aliphatic heterocycles. The third-order valence-electron chi connectivity index (χ3n) is 4.82. The zero-order valence-corrected chi connectivity index (χ0v) is 17.7. The van der Waals surface area contributed by atoms with E-state index in [-0.39, 0.29) is 0 Å². The van der Waals surface area contributed by atoms with Crippen molar-refractivity contribution >= 4 is 39.1 Å². The fraction of sp³-hybridized carbons (Fsp3) is 0.0435. The minimum atomic E-state index is 0.350. The molecule has 0 bridgehead atoms. The van der Waals surface area contributed by atoms with Crippen molar-refractivity contribution in [3.05, 3.63) is 93.7 Å². The lowest BCUT2D eigenvalue weighted by molar-refractivity contribution is 0.524. The van der Waals surface area contributed by atoms with Crippen molar-refractivity contribution in [2.45, 2.75) is 6.54 Å². The number of H-pyrrole nitrogens is 1. The molecule has 29 heavy (non-hydrogen) atoms. The van der Waals surface area contributed by atoms with Crippen molar-refractivity contribution < 1.29 is 4.42 Å². The molecule has 0 atom stereocenters. The molecule has 3 aromatic carbocycles. The minimum Gasteiger partial charge on any atom is -0.408 e. The fourth-order valence-electron chi connectivity index (χ4n) is 3.49. The Balaban J connectivity index is 1.68. The Hall–Kier alpha value is -2.96. The van der Waals surface area contributed by atoms with Gasteiger partial charge in [0.25, 0.3) is 10.7 Å². The van der Waals surface area contributed by atoms with Crippen molar-refractivity contribution in [1.29, 1.82) is 0 Å². The Labute approximate surface area is 180 Å². The quantitative estimate of drug-likeness (QED) is 0.298. The van der Waals surface area contributed by atoms with Crippen LogP contribution in [0.1, 0.15) is 5.56 Å². The first-order valence-corrected chi connectivity index (χ1v) is 10.4. The lowest BCUT2D eigenvalue weighted by Gasteiger charge is -2.03. The van der Waals surface area contributed by atoms with Crippen molar-refractivity contribution in [2.75, 3.05) is 0 Å². The Morgan fingerprint density at radius 2 is 1.69 bits per heavy atom. The molecule has 0 amide bonds. The topological polar surface area (TPSA) is 46.8 Å². The molecule has 6 heteroatoms. The van der Waals surface area contributed by atoms with Gasteiger partial charge in [-0.15, -0.1) is 5.10 Å². The normalized spacial score (nSPS) is 11.2. The molecule has 5 aromatic rings. The van der Waals surface area contributed by atoms with Crippen LogP contribution in [0.4, 0.5) is 0 Å². The predicted molar refractivity (Wildman–Crippen MR) is 121 cm³/mol. The number of nitrogens with one attached hydrogen (secondary N) is 1. The van der Waals surface area contributed by atoms with E-state index < -0.39 is 0 Å². The van der Waals surface area contributed by atoms with Gasteiger partial charge in [-0.1, -0.05) is 76.6 Å². The van der Waals surface area contributed by atoms with Gasteiger partial charge in [-0.25, -0.2) is 4.68 Å². The number of rotatable bonds is 4. The smallest absolute Gasteiger partial charge is 0.287 e. The first kappa shape index (κ1) is 18.1. The standard InChI is InChI=1S/C23H16BrN3OS/c24-17-11-12-19-18(13-17)20(16-9-5-2-6-10-16)21(25-19)22-26-27(23(29)28-22)14-15-7-3-1-4-8-15/h1-13,25H,14H2. The van der Waals surface area contributed by atoms with Crippen molar-refractivity contribution in [3.8, 4) is 22.7 Å². The molecule has 0 saturated heterocycles. The van der Waals surface area contributed by atoms with E-state index in [1.54, 1.807) is 4.68 Å². The number of halogens is 1. The summed E-state index contributed by atoms with van der Waals surface area (Å²) in [4.78, 5) is 3.82. The Kier molecular flexibility index (Phi) is 4.66. The van der Waals surface area contributed by atoms with Crippen LogP contribution in [0.25, 0.3) is 33.6 Å². The Morgan fingerprint density at radius 1 is 0.966 bits per heavy atom. The number of fused-ring (bicyclic) bond motifs is 1. The maximum atomic E-state index is 5.92. The van der Waals surface area contributed by atoms with Gasteiger partial charge in [0.2, 0.25) is 0 Å². The zero-order chi connectivity index (χ0) is 19.8. The molecule has 0 aliphatic rings. The number of aromatic nitrogens is 3. The molecular formula is C23H16BrN3OS. The maximum absolute atomic E-state index is 5.92. The van der Waals surface area contributed by atoms with Crippen LogP contribution in [0.5, 0.6) is 0 Å². The molecule has 0 unspecified atom stereocenters. The van der Waals surface area contributed by atoms with Gasteiger partial charge in [0, 0.05) is 20.9 Å². The molecule has 2 aromatic heterocycles. The molecule has 0 fully saturated rings. The van der Waals surface area contributed by atoms with E-state index in [1.807, 2.05) is 60.7 Å². The van der Waals surface area contributed by atoms with Gasteiger partial charge >= 0.3 is 0 Å². The van der Waals surface area contributed by atoms with Crippen LogP contribution in [0.15, 0.2) is 87.8 Å². The van der Waals surface area contributed by atoms with Crippen LogP contribution >= 0.6 is 28.1 Å². The van der Waals surface area contributed by atoms with Crippen LogP contribution in [0, 0.1) is 4.84 Å². The molecular weight excluding hydrogens is 446 g/mol. The van der Waals surface area contributed by atoms with Crippen molar-refractivity contribution in [3.63, 3.8) is 0 Å². The number of nitrogens with zero attached hydrogens (tertiary/aromatic N) is 2. The summed E-state index contributed by atoms with van der Waals surface area (Å²) in [5.41, 5.74) is 5.09. The summed E-state index contributed by atoms with van der Waals surface area (Å²) >= 11 is 9.03. The zero-order valence-electron chi connectivity index (χ0n) is 15.3. The highest BCUT2D eigenvalue weighted by Gasteiger charge is 2.20. The van der Waals surface area contributed by atoms with Gasteiger partial charge in [0.05, 0.1) is 6.54 Å². The first-order chi connectivity index (χ1) is 14.2. The largest absolute Gasteiger partial charge is 0.408 e. The number of hydrogen-bond acceptors (Lipinski definition) is 3. The molecule has 0 saturated carbocycles. The molecule has 0 spiro atoms. The highest BCUT2D eigenvalue weighted by molar-refractivity contribution is 9.10. The number of aromatic amines is 1. The molecule has 5 rings (SSSR count). The van der Waals surface area contributed by atoms with Crippen LogP contribution in [-0.4, -0.2) is 14.8 Å². The van der Waals surface area contributed by atoms with E-state index in [0.717, 1.165) is 37.8 Å². The van der Waals surface area contributed by atoms with Gasteiger partial charge < -0.3 is 9.40 Å². The van der Waals surface area contributed by atoms with E-state index in [9.17, 15) is 0 Å². The summed E-state index contributed by atoms with van der Waals surface area (Å²) in [5.74, 6) is 0.483. The Bertz CT molecular complexity index is 1350. The average molecular weight is 462 g/mol. The summed E-state index contributed by atoms with van der Waals surface area (Å²) in [6.45, 7) is 0.565. The minimum absolute atomic E-state index is 0.350. The highest BCUT2D eigenvalue weighted by atomic mass is 79.9. The summed E-state index contributed by atoms with van der Waals surface area (Å²) in [6, 6.07) is 26.5. The highest BCUT2D eigenvalue weighted by Crippen LogP contribution is 2.38. The summed E-state index contributed by atoms with van der Waals surface area (Å²) in [6.07, 6.45) is 0. The maximum Gasteiger partial charge on any atom is 0.287 e. The second kappa shape index (κ2) is 7.46. The third-order valence-corrected chi connectivity index (χ3v) is 5.61. The van der Waals surface area contributed by atoms with Gasteiger partial charge in [-0.2, -0.15) is 0 Å². The third kappa shape index (κ3) is 3.45. The Morgan fingerprint density at radius 3 is 2.45 bits per heavy atom. The van der Waals surface area contributed by atoms with E-state index in [4.69, 9.17) is 16.6 Å². The number of benzene rings is 3. The second-order valence-corrected chi connectivity index (χ2v) is 8.01. The molecule has 4 nitrogen and oxygen atoms in total. The lowest BCUT2D eigenvalue weighted by Crippen LogP contribution is -2.01. The summed E-state index contributed by atoms with van der Waals surface area (Å²) in [5, 5.41) is 5.78. The van der Waals surface area contributed by atoms with Crippen LogP contribution in [0.2, 0.25) is 0 Å². The van der Waals surface area contributed by atoms with E-state index in [2.05, 4.69) is 44.2 Å². The molecule has 2 heterocycles. The first-order valence-electron chi connectivity index (χ1n) is 9.18. The van der Waals surface area contributed by atoms with Gasteiger partial charge in [-0.05, 0) is 41.5 Å². The SMILES string of the molecule is S=c1oc(-c2[nH]c3ccc(Br)cc3c2-c2ccccc2)nn1Cc1ccccc1. The second-order valence-electron chi connectivity index (χ2n) is 6.75. The van der Waals surface area contributed by atoms with Crippen molar-refractivity contribution in [2.24, 2.45) is 0 Å². The van der Waals surface area contributed by atoms with E-state index >= 15 is 0 Å². The van der Waals surface area contributed by atoms with Gasteiger partial charge in [0.1, 0.15) is 5.69 Å². The average Bonchev–Trinajstić information content (AvgIpc) is 3.29. The monoisotopic (exact) mass is 461 g/mol. The van der Waals surface area contributed by atoms with E-state index in [0.29, 0.717) is 17.3 Å². The van der Waals surface area contributed by atoms with Crippen LogP contribution in [-0.2, 0) is 6.54 Å². The summed E-state index contributed by atoms with van der Waals surface area (Å²) < 4.78 is 8.65.